The molecule has 1 heterocycles. The van der Waals surface area contributed by atoms with Crippen molar-refractivity contribution >= 4 is 11.7 Å². The average Bonchev–Trinajstić information content (AvgIpc) is 2.83. The fraction of sp³-hybridized carbons (Fsp3) is 0.316. The average molecular weight is 312 g/mol. The summed E-state index contributed by atoms with van der Waals surface area (Å²) in [5, 5.41) is 2.95. The normalized spacial score (nSPS) is 18.3. The number of hydrogen-bond acceptors (Lipinski definition) is 1. The molecule has 1 unspecified atom stereocenters. The smallest absolute Gasteiger partial charge is 0.321 e. The van der Waals surface area contributed by atoms with Crippen molar-refractivity contribution in [2.24, 2.45) is 0 Å². The van der Waals surface area contributed by atoms with Gasteiger partial charge in [-0.2, -0.15) is 0 Å². The molecule has 0 bridgehead atoms. The first-order chi connectivity index (χ1) is 11.2. The van der Waals surface area contributed by atoms with Crippen LogP contribution in [0.25, 0.3) is 0 Å². The van der Waals surface area contributed by atoms with Gasteiger partial charge in [0, 0.05) is 24.7 Å². The van der Waals surface area contributed by atoms with Gasteiger partial charge in [-0.25, -0.2) is 9.18 Å². The molecule has 0 spiro atoms. The van der Waals surface area contributed by atoms with Gasteiger partial charge in [0.1, 0.15) is 5.82 Å². The summed E-state index contributed by atoms with van der Waals surface area (Å²) in [6.45, 7) is 1.43. The molecule has 23 heavy (non-hydrogen) atoms. The van der Waals surface area contributed by atoms with Gasteiger partial charge in [-0.1, -0.05) is 36.8 Å². The van der Waals surface area contributed by atoms with Crippen molar-refractivity contribution in [2.45, 2.75) is 25.2 Å². The number of carbonyl (C=O) groups is 1. The fourth-order valence-electron chi connectivity index (χ4n) is 3.06. The molecular formula is C19H21FN2O. The van der Waals surface area contributed by atoms with E-state index in [9.17, 15) is 9.18 Å². The second-order valence-electron chi connectivity index (χ2n) is 5.99. The molecular weight excluding hydrogens is 291 g/mol. The number of nitrogens with one attached hydrogen (secondary N) is 1. The van der Waals surface area contributed by atoms with Crippen LogP contribution in [0.2, 0.25) is 0 Å². The Morgan fingerprint density at radius 2 is 1.78 bits per heavy atom. The second-order valence-corrected chi connectivity index (χ2v) is 5.99. The Bertz CT molecular complexity index is 642. The molecule has 2 amide bonds. The molecule has 1 atom stereocenters. The van der Waals surface area contributed by atoms with Gasteiger partial charge >= 0.3 is 6.03 Å². The van der Waals surface area contributed by atoms with Crippen LogP contribution < -0.4 is 5.32 Å². The number of para-hydroxylation sites is 1. The van der Waals surface area contributed by atoms with Gasteiger partial charge in [0.15, 0.2) is 0 Å². The van der Waals surface area contributed by atoms with Crippen molar-refractivity contribution in [1.82, 2.24) is 4.90 Å². The standard InChI is InChI=1S/C19H21FN2O/c20-17-11-9-15(10-12-17)16-6-4-5-13-22(14-16)19(23)21-18-7-2-1-3-8-18/h1-3,7-12,16H,4-6,13-14H2,(H,21,23). The van der Waals surface area contributed by atoms with Crippen molar-refractivity contribution < 1.29 is 9.18 Å². The Hall–Kier alpha value is -2.36. The summed E-state index contributed by atoms with van der Waals surface area (Å²) in [4.78, 5) is 14.4. The van der Waals surface area contributed by atoms with E-state index in [0.29, 0.717) is 6.54 Å². The maximum Gasteiger partial charge on any atom is 0.321 e. The van der Waals surface area contributed by atoms with Crippen molar-refractivity contribution in [2.75, 3.05) is 18.4 Å². The molecule has 0 aromatic heterocycles. The molecule has 3 nitrogen and oxygen atoms in total. The SMILES string of the molecule is O=C(Nc1ccccc1)N1CCCCC(c2ccc(F)cc2)C1. The third kappa shape index (κ3) is 4.09. The zero-order valence-corrected chi connectivity index (χ0v) is 13.0. The van der Waals surface area contributed by atoms with Crippen LogP contribution in [0.15, 0.2) is 54.6 Å². The highest BCUT2D eigenvalue weighted by atomic mass is 19.1. The maximum absolute atomic E-state index is 13.1. The van der Waals surface area contributed by atoms with Crippen molar-refractivity contribution in [3.63, 3.8) is 0 Å². The first-order valence-electron chi connectivity index (χ1n) is 8.09. The summed E-state index contributed by atoms with van der Waals surface area (Å²) in [6, 6.07) is 16.1. The van der Waals surface area contributed by atoms with E-state index in [4.69, 9.17) is 0 Å². The van der Waals surface area contributed by atoms with Crippen LogP contribution in [0.1, 0.15) is 30.7 Å². The number of carbonyl (C=O) groups excluding carboxylic acids is 1. The Balaban J connectivity index is 1.69. The molecule has 1 saturated heterocycles. The first kappa shape index (κ1) is 15.5. The lowest BCUT2D eigenvalue weighted by Gasteiger charge is -2.25. The third-order valence-corrected chi connectivity index (χ3v) is 4.33. The first-order valence-corrected chi connectivity index (χ1v) is 8.09. The molecule has 1 aliphatic heterocycles. The number of halogens is 1. The van der Waals surface area contributed by atoms with E-state index < -0.39 is 0 Å². The number of rotatable bonds is 2. The molecule has 120 valence electrons. The molecule has 4 heteroatoms. The van der Waals surface area contributed by atoms with Crippen LogP contribution in [0.5, 0.6) is 0 Å². The number of likely N-dealkylation sites (tertiary alicyclic amines) is 1. The maximum atomic E-state index is 13.1. The number of benzene rings is 2. The molecule has 2 aromatic rings. The summed E-state index contributed by atoms with van der Waals surface area (Å²) in [7, 11) is 0. The molecule has 2 aromatic carbocycles. The molecule has 1 N–H and O–H groups in total. The number of urea groups is 1. The Morgan fingerprint density at radius 1 is 1.04 bits per heavy atom. The molecule has 1 fully saturated rings. The van der Waals surface area contributed by atoms with Crippen LogP contribution in [0.4, 0.5) is 14.9 Å². The molecule has 3 rings (SSSR count). The van der Waals surface area contributed by atoms with E-state index >= 15 is 0 Å². The summed E-state index contributed by atoms with van der Waals surface area (Å²) in [6.07, 6.45) is 3.11. The number of anilines is 1. The van der Waals surface area contributed by atoms with E-state index in [0.717, 1.165) is 37.1 Å². The topological polar surface area (TPSA) is 32.3 Å². The van der Waals surface area contributed by atoms with Crippen LogP contribution in [-0.4, -0.2) is 24.0 Å². The minimum atomic E-state index is -0.221. The Morgan fingerprint density at radius 3 is 2.52 bits per heavy atom. The van der Waals surface area contributed by atoms with E-state index in [2.05, 4.69) is 5.32 Å². The molecule has 0 radical (unpaired) electrons. The highest BCUT2D eigenvalue weighted by Crippen LogP contribution is 2.27. The minimum Gasteiger partial charge on any atom is -0.324 e. The Labute approximate surface area is 136 Å². The summed E-state index contributed by atoms with van der Waals surface area (Å²) >= 11 is 0. The predicted molar refractivity (Wildman–Crippen MR) is 90.0 cm³/mol. The molecule has 0 aliphatic carbocycles. The lowest BCUT2D eigenvalue weighted by Crippen LogP contribution is -2.37. The lowest BCUT2D eigenvalue weighted by atomic mass is 9.94. The second kappa shape index (κ2) is 7.27. The lowest BCUT2D eigenvalue weighted by molar-refractivity contribution is 0.211. The van der Waals surface area contributed by atoms with Gasteiger partial charge in [0.2, 0.25) is 0 Å². The van der Waals surface area contributed by atoms with Gasteiger partial charge in [-0.3, -0.25) is 0 Å². The summed E-state index contributed by atoms with van der Waals surface area (Å²) in [5.41, 5.74) is 1.91. The highest BCUT2D eigenvalue weighted by molar-refractivity contribution is 5.89. The largest absolute Gasteiger partial charge is 0.324 e. The zero-order valence-electron chi connectivity index (χ0n) is 13.0. The van der Waals surface area contributed by atoms with Crippen molar-refractivity contribution in [1.29, 1.82) is 0 Å². The number of hydrogen-bond donors (Lipinski definition) is 1. The van der Waals surface area contributed by atoms with Crippen LogP contribution in [0, 0.1) is 5.82 Å². The van der Waals surface area contributed by atoms with Gasteiger partial charge < -0.3 is 10.2 Å². The summed E-state index contributed by atoms with van der Waals surface area (Å²) < 4.78 is 13.1. The van der Waals surface area contributed by atoms with E-state index in [1.165, 1.54) is 12.1 Å². The Kier molecular flexibility index (Phi) is 4.91. The van der Waals surface area contributed by atoms with Gasteiger partial charge in [-0.15, -0.1) is 0 Å². The monoisotopic (exact) mass is 312 g/mol. The van der Waals surface area contributed by atoms with Crippen LogP contribution in [0.3, 0.4) is 0 Å². The number of nitrogens with zero attached hydrogens (tertiary/aromatic N) is 1. The van der Waals surface area contributed by atoms with Crippen molar-refractivity contribution in [3.8, 4) is 0 Å². The van der Waals surface area contributed by atoms with E-state index in [1.807, 2.05) is 47.4 Å². The predicted octanol–water partition coefficient (Wildman–Crippen LogP) is 4.63. The highest BCUT2D eigenvalue weighted by Gasteiger charge is 2.23. The van der Waals surface area contributed by atoms with Crippen LogP contribution in [-0.2, 0) is 0 Å². The van der Waals surface area contributed by atoms with E-state index in [-0.39, 0.29) is 17.8 Å². The third-order valence-electron chi connectivity index (χ3n) is 4.33. The quantitative estimate of drug-likeness (QED) is 0.861. The van der Waals surface area contributed by atoms with Gasteiger partial charge in [-0.05, 0) is 42.7 Å². The van der Waals surface area contributed by atoms with Gasteiger partial charge in [0.25, 0.3) is 0 Å². The number of amides is 2. The summed E-state index contributed by atoms with van der Waals surface area (Å²) in [5.74, 6) is 0.0423. The minimum absolute atomic E-state index is 0.0646. The van der Waals surface area contributed by atoms with Crippen LogP contribution >= 0.6 is 0 Å². The fourth-order valence-corrected chi connectivity index (χ4v) is 3.06. The molecule has 0 saturated carbocycles. The van der Waals surface area contributed by atoms with E-state index in [1.54, 1.807) is 0 Å². The molecule has 1 aliphatic rings. The zero-order chi connectivity index (χ0) is 16.1. The van der Waals surface area contributed by atoms with Gasteiger partial charge in [0.05, 0.1) is 0 Å². The van der Waals surface area contributed by atoms with Crippen molar-refractivity contribution in [3.05, 3.63) is 66.0 Å².